The van der Waals surface area contributed by atoms with Gasteiger partial charge in [0.2, 0.25) is 10.0 Å². The van der Waals surface area contributed by atoms with Crippen LogP contribution in [0.5, 0.6) is 5.75 Å². The smallest absolute Gasteiger partial charge is 0.242 e. The maximum Gasteiger partial charge on any atom is 0.242 e. The topological polar surface area (TPSA) is 68.3 Å². The quantitative estimate of drug-likeness (QED) is 0.706. The molecule has 2 aromatic carbocycles. The van der Waals surface area contributed by atoms with Crippen molar-refractivity contribution in [2.45, 2.75) is 11.4 Å². The Morgan fingerprint density at radius 1 is 1.08 bits per heavy atom. The summed E-state index contributed by atoms with van der Waals surface area (Å²) in [5, 5.41) is 2.29. The third-order valence-electron chi connectivity index (χ3n) is 3.59. The lowest BCUT2D eigenvalue weighted by molar-refractivity contribution is 0.415. The first-order chi connectivity index (χ1) is 11.5. The van der Waals surface area contributed by atoms with Crippen LogP contribution >= 0.6 is 11.6 Å². The highest BCUT2D eigenvalue weighted by Crippen LogP contribution is 2.22. The van der Waals surface area contributed by atoms with E-state index in [0.717, 1.165) is 22.1 Å². The zero-order valence-corrected chi connectivity index (χ0v) is 14.4. The van der Waals surface area contributed by atoms with Gasteiger partial charge in [0.1, 0.15) is 15.8 Å². The second-order valence-corrected chi connectivity index (χ2v) is 7.34. The van der Waals surface area contributed by atoms with Gasteiger partial charge in [-0.3, -0.25) is 0 Å². The molecule has 3 rings (SSSR count). The number of methoxy groups -OCH3 is 1. The molecule has 1 N–H and O–H groups in total. The van der Waals surface area contributed by atoms with Crippen molar-refractivity contribution < 1.29 is 13.2 Å². The van der Waals surface area contributed by atoms with Crippen LogP contribution in [0.25, 0.3) is 10.8 Å². The van der Waals surface area contributed by atoms with E-state index in [9.17, 15) is 8.42 Å². The van der Waals surface area contributed by atoms with Gasteiger partial charge in [0.05, 0.1) is 7.11 Å². The van der Waals surface area contributed by atoms with Crippen LogP contribution in [0.2, 0.25) is 5.15 Å². The van der Waals surface area contributed by atoms with Gasteiger partial charge in [-0.05, 0) is 46.7 Å². The molecule has 0 amide bonds. The maximum absolute atomic E-state index is 12.3. The fourth-order valence-electron chi connectivity index (χ4n) is 2.29. The number of nitrogens with one attached hydrogen (secondary N) is 1. The van der Waals surface area contributed by atoms with E-state index in [-0.39, 0.29) is 16.6 Å². The number of sulfonamides is 1. The zero-order chi connectivity index (χ0) is 17.2. The van der Waals surface area contributed by atoms with E-state index in [2.05, 4.69) is 9.71 Å². The monoisotopic (exact) mass is 362 g/mol. The summed E-state index contributed by atoms with van der Waals surface area (Å²) in [5.41, 5.74) is 0.859. The summed E-state index contributed by atoms with van der Waals surface area (Å²) < 4.78 is 32.3. The van der Waals surface area contributed by atoms with Gasteiger partial charge in [-0.1, -0.05) is 29.8 Å². The van der Waals surface area contributed by atoms with Gasteiger partial charge in [-0.15, -0.1) is 0 Å². The van der Waals surface area contributed by atoms with Crippen LogP contribution in [-0.2, 0) is 16.6 Å². The van der Waals surface area contributed by atoms with E-state index in [1.165, 1.54) is 18.3 Å². The molecule has 1 aromatic heterocycles. The first-order valence-corrected chi connectivity index (χ1v) is 9.02. The lowest BCUT2D eigenvalue weighted by Crippen LogP contribution is -2.23. The first-order valence-electron chi connectivity index (χ1n) is 7.16. The number of rotatable bonds is 5. The molecule has 0 radical (unpaired) electrons. The predicted octanol–water partition coefficient (Wildman–Crippen LogP) is 3.38. The molecule has 0 fully saturated rings. The van der Waals surface area contributed by atoms with Crippen LogP contribution < -0.4 is 9.46 Å². The molecule has 0 bridgehead atoms. The highest BCUT2D eigenvalue weighted by Gasteiger charge is 2.14. The zero-order valence-electron chi connectivity index (χ0n) is 12.9. The summed E-state index contributed by atoms with van der Waals surface area (Å²) in [6.45, 7) is 0.187. The average molecular weight is 363 g/mol. The van der Waals surface area contributed by atoms with Crippen LogP contribution in [0.4, 0.5) is 0 Å². The fourth-order valence-corrected chi connectivity index (χ4v) is 3.37. The fraction of sp³-hybridized carbons (Fsp3) is 0.118. The summed E-state index contributed by atoms with van der Waals surface area (Å²) in [7, 11) is -2.01. The van der Waals surface area contributed by atoms with Gasteiger partial charge in [0, 0.05) is 12.7 Å². The highest BCUT2D eigenvalue weighted by atomic mass is 35.5. The lowest BCUT2D eigenvalue weighted by Gasteiger charge is -2.08. The van der Waals surface area contributed by atoms with E-state index in [1.807, 2.05) is 36.4 Å². The van der Waals surface area contributed by atoms with Crippen LogP contribution in [0.3, 0.4) is 0 Å². The Labute approximate surface area is 145 Å². The molecule has 0 spiro atoms. The van der Waals surface area contributed by atoms with Gasteiger partial charge in [0.25, 0.3) is 0 Å². The van der Waals surface area contributed by atoms with E-state index >= 15 is 0 Å². The number of halogens is 1. The molecule has 24 heavy (non-hydrogen) atoms. The molecule has 0 aliphatic heterocycles. The van der Waals surface area contributed by atoms with Crippen molar-refractivity contribution in [2.24, 2.45) is 0 Å². The minimum absolute atomic E-state index is 0.0809. The molecule has 0 saturated heterocycles. The minimum atomic E-state index is -3.63. The largest absolute Gasteiger partial charge is 0.497 e. The van der Waals surface area contributed by atoms with Gasteiger partial charge in [-0.25, -0.2) is 18.1 Å². The Balaban J connectivity index is 1.78. The van der Waals surface area contributed by atoms with Gasteiger partial charge < -0.3 is 4.74 Å². The Bertz CT molecular complexity index is 973. The molecule has 1 heterocycles. The second kappa shape index (κ2) is 6.76. The van der Waals surface area contributed by atoms with Crippen molar-refractivity contribution in [3.05, 3.63) is 65.4 Å². The van der Waals surface area contributed by atoms with Crippen molar-refractivity contribution in [2.75, 3.05) is 7.11 Å². The molecule has 0 atom stereocenters. The summed E-state index contributed by atoms with van der Waals surface area (Å²) in [5.74, 6) is 0.784. The number of nitrogens with zero attached hydrogens (tertiary/aromatic N) is 1. The van der Waals surface area contributed by atoms with Crippen molar-refractivity contribution in [3.63, 3.8) is 0 Å². The van der Waals surface area contributed by atoms with E-state index in [0.29, 0.717) is 0 Å². The Morgan fingerprint density at radius 3 is 2.54 bits per heavy atom. The van der Waals surface area contributed by atoms with Gasteiger partial charge in [-0.2, -0.15) is 0 Å². The summed E-state index contributed by atoms with van der Waals surface area (Å²) in [4.78, 5) is 3.87. The Kier molecular flexibility index (Phi) is 4.71. The number of aromatic nitrogens is 1. The third kappa shape index (κ3) is 3.67. The normalized spacial score (nSPS) is 11.6. The van der Waals surface area contributed by atoms with Gasteiger partial charge >= 0.3 is 0 Å². The van der Waals surface area contributed by atoms with Crippen LogP contribution in [0, 0.1) is 0 Å². The summed E-state index contributed by atoms with van der Waals surface area (Å²) in [6, 6.07) is 14.4. The molecule has 5 nitrogen and oxygen atoms in total. The molecule has 0 saturated carbocycles. The number of hydrogen-bond donors (Lipinski definition) is 1. The Hall–Kier alpha value is -2.15. The molecule has 0 unspecified atom stereocenters. The van der Waals surface area contributed by atoms with Crippen molar-refractivity contribution in [1.29, 1.82) is 0 Å². The maximum atomic E-state index is 12.3. The minimum Gasteiger partial charge on any atom is -0.497 e. The number of ether oxygens (including phenoxy) is 1. The lowest BCUT2D eigenvalue weighted by atomic mass is 10.1. The van der Waals surface area contributed by atoms with Gasteiger partial charge in [0.15, 0.2) is 0 Å². The highest BCUT2D eigenvalue weighted by molar-refractivity contribution is 7.89. The predicted molar refractivity (Wildman–Crippen MR) is 93.8 cm³/mol. The number of hydrogen-bond acceptors (Lipinski definition) is 4. The van der Waals surface area contributed by atoms with E-state index in [1.54, 1.807) is 7.11 Å². The number of fused-ring (bicyclic) bond motifs is 1. The van der Waals surface area contributed by atoms with E-state index < -0.39 is 10.0 Å². The molecule has 0 aliphatic rings. The Morgan fingerprint density at radius 2 is 1.83 bits per heavy atom. The summed E-state index contributed by atoms with van der Waals surface area (Å²) in [6.07, 6.45) is 1.23. The second-order valence-electron chi connectivity index (χ2n) is 5.19. The van der Waals surface area contributed by atoms with Crippen LogP contribution in [-0.4, -0.2) is 20.5 Å². The van der Waals surface area contributed by atoms with Crippen molar-refractivity contribution in [1.82, 2.24) is 9.71 Å². The standard InChI is InChI=1S/C17H15ClN2O3S/c1-23-15-5-4-13-8-12(2-3-14(13)9-15)10-20-24(21,22)16-6-7-17(18)19-11-16/h2-9,11,20H,10H2,1H3. The van der Waals surface area contributed by atoms with Crippen molar-refractivity contribution >= 4 is 32.4 Å². The summed E-state index contributed by atoms with van der Waals surface area (Å²) >= 11 is 5.68. The average Bonchev–Trinajstić information content (AvgIpc) is 2.60. The molecule has 3 aromatic rings. The van der Waals surface area contributed by atoms with E-state index in [4.69, 9.17) is 16.3 Å². The molecule has 0 aliphatic carbocycles. The first kappa shape index (κ1) is 16.7. The third-order valence-corrected chi connectivity index (χ3v) is 5.20. The van der Waals surface area contributed by atoms with Crippen molar-refractivity contribution in [3.8, 4) is 5.75 Å². The SMILES string of the molecule is COc1ccc2cc(CNS(=O)(=O)c3ccc(Cl)nc3)ccc2c1. The van der Waals surface area contributed by atoms with Crippen LogP contribution in [0.1, 0.15) is 5.56 Å². The molecular weight excluding hydrogens is 348 g/mol. The number of pyridine rings is 1. The molecular formula is C17H15ClN2O3S. The molecule has 7 heteroatoms. The number of benzene rings is 2. The molecule has 124 valence electrons. The van der Waals surface area contributed by atoms with Crippen LogP contribution in [0.15, 0.2) is 59.6 Å².